The summed E-state index contributed by atoms with van der Waals surface area (Å²) in [7, 11) is -3.01. The smallest absolute Gasteiger partial charge is 0.310 e. The molecule has 0 aliphatic carbocycles. The molecule has 116 valence electrons. The van der Waals surface area contributed by atoms with Crippen molar-refractivity contribution in [2.75, 3.05) is 18.1 Å². The summed E-state index contributed by atoms with van der Waals surface area (Å²) in [5.41, 5.74) is 0. The maximum absolute atomic E-state index is 11.4. The van der Waals surface area contributed by atoms with E-state index in [4.69, 9.17) is 4.74 Å². The molecule has 0 aromatic heterocycles. The lowest BCUT2D eigenvalue weighted by Crippen LogP contribution is -2.35. The van der Waals surface area contributed by atoms with E-state index in [-0.39, 0.29) is 29.8 Å². The predicted octanol–water partition coefficient (Wildman–Crippen LogP) is 1.30. The van der Waals surface area contributed by atoms with Gasteiger partial charge in [-0.3, -0.25) is 4.79 Å². The molecule has 21 heavy (non-hydrogen) atoms. The van der Waals surface area contributed by atoms with Gasteiger partial charge in [0.25, 0.3) is 0 Å². The van der Waals surface area contributed by atoms with Gasteiger partial charge >= 0.3 is 5.97 Å². The minimum Gasteiger partial charge on any atom is -0.508 e. The number of aliphatic carboxylic acids is 1. The van der Waals surface area contributed by atoms with Crippen LogP contribution in [0, 0.1) is 11.8 Å². The highest BCUT2D eigenvalue weighted by Crippen LogP contribution is 2.28. The molecule has 0 saturated carbocycles. The van der Waals surface area contributed by atoms with Crippen LogP contribution in [-0.2, 0) is 14.6 Å². The minimum atomic E-state index is -3.01. The summed E-state index contributed by atoms with van der Waals surface area (Å²) in [4.78, 5) is 11.4. The maximum Gasteiger partial charge on any atom is 0.310 e. The third-order valence-electron chi connectivity index (χ3n) is 3.73. The van der Waals surface area contributed by atoms with Crippen molar-refractivity contribution in [1.82, 2.24) is 0 Å². The summed E-state index contributed by atoms with van der Waals surface area (Å²) in [5.74, 6) is -1.43. The zero-order valence-corrected chi connectivity index (χ0v) is 12.3. The van der Waals surface area contributed by atoms with E-state index in [0.29, 0.717) is 18.6 Å². The van der Waals surface area contributed by atoms with Gasteiger partial charge < -0.3 is 14.9 Å². The molecule has 7 heteroatoms. The van der Waals surface area contributed by atoms with Crippen molar-refractivity contribution in [2.45, 2.75) is 12.8 Å². The first-order chi connectivity index (χ1) is 9.87. The fourth-order valence-electron chi connectivity index (χ4n) is 2.48. The van der Waals surface area contributed by atoms with E-state index in [1.165, 1.54) is 12.1 Å². The lowest BCUT2D eigenvalue weighted by molar-refractivity contribution is -0.145. The lowest BCUT2D eigenvalue weighted by atomic mass is 9.88. The number of rotatable bonds is 5. The molecule has 1 aromatic rings. The van der Waals surface area contributed by atoms with Crippen LogP contribution in [0.3, 0.4) is 0 Å². The summed E-state index contributed by atoms with van der Waals surface area (Å²) in [6.07, 6.45) is 0.700. The predicted molar refractivity (Wildman–Crippen MR) is 76.1 cm³/mol. The Hall–Kier alpha value is -1.76. The van der Waals surface area contributed by atoms with Gasteiger partial charge in [0, 0.05) is 6.07 Å². The second-order valence-electron chi connectivity index (χ2n) is 5.24. The van der Waals surface area contributed by atoms with E-state index < -0.39 is 21.7 Å². The Balaban J connectivity index is 1.98. The van der Waals surface area contributed by atoms with E-state index in [0.717, 1.165) is 0 Å². The topological polar surface area (TPSA) is 101 Å². The summed E-state index contributed by atoms with van der Waals surface area (Å²) < 4.78 is 28.2. The Bertz CT molecular complexity index is 596. The third kappa shape index (κ3) is 4.35. The van der Waals surface area contributed by atoms with Crippen LogP contribution in [0.4, 0.5) is 0 Å². The number of carboxylic acids is 1. The number of carbonyl (C=O) groups is 1. The molecule has 2 N–H and O–H groups in total. The van der Waals surface area contributed by atoms with Crippen LogP contribution in [0.5, 0.6) is 11.5 Å². The molecule has 1 atom stereocenters. The highest BCUT2D eigenvalue weighted by molar-refractivity contribution is 7.91. The molecule has 1 unspecified atom stereocenters. The van der Waals surface area contributed by atoms with Crippen molar-refractivity contribution in [3.63, 3.8) is 0 Å². The average Bonchev–Trinajstić information content (AvgIpc) is 2.40. The van der Waals surface area contributed by atoms with Crippen LogP contribution >= 0.6 is 0 Å². The van der Waals surface area contributed by atoms with Gasteiger partial charge in [-0.05, 0) is 30.9 Å². The van der Waals surface area contributed by atoms with Crippen molar-refractivity contribution in [2.24, 2.45) is 11.8 Å². The molecule has 0 radical (unpaired) electrons. The Morgan fingerprint density at radius 1 is 1.33 bits per heavy atom. The van der Waals surface area contributed by atoms with Gasteiger partial charge in [-0.25, -0.2) is 8.42 Å². The zero-order valence-electron chi connectivity index (χ0n) is 11.4. The van der Waals surface area contributed by atoms with E-state index >= 15 is 0 Å². The molecule has 1 aliphatic rings. The fraction of sp³-hybridized carbons (Fsp3) is 0.500. The lowest BCUT2D eigenvalue weighted by Gasteiger charge is -2.27. The Morgan fingerprint density at radius 3 is 2.57 bits per heavy atom. The molecule has 1 aromatic carbocycles. The number of phenolic OH excluding ortho intramolecular Hbond substituents is 1. The van der Waals surface area contributed by atoms with Crippen molar-refractivity contribution < 1.29 is 28.2 Å². The zero-order chi connectivity index (χ0) is 15.5. The van der Waals surface area contributed by atoms with E-state index in [1.54, 1.807) is 12.1 Å². The van der Waals surface area contributed by atoms with Gasteiger partial charge in [0.2, 0.25) is 0 Å². The monoisotopic (exact) mass is 314 g/mol. The highest BCUT2D eigenvalue weighted by Gasteiger charge is 2.34. The van der Waals surface area contributed by atoms with Gasteiger partial charge in [0.05, 0.1) is 17.4 Å². The molecule has 2 rings (SSSR count). The molecule has 0 amide bonds. The summed E-state index contributed by atoms with van der Waals surface area (Å²) in [6.45, 7) is -0.0382. The van der Waals surface area contributed by atoms with E-state index in [9.17, 15) is 23.4 Å². The second-order valence-corrected chi connectivity index (χ2v) is 7.55. The number of ether oxygens (including phenoxy) is 1. The molecule has 1 saturated heterocycles. The number of hydrogen-bond acceptors (Lipinski definition) is 5. The fourth-order valence-corrected chi connectivity index (χ4v) is 4.01. The van der Waals surface area contributed by atoms with Crippen molar-refractivity contribution >= 4 is 15.8 Å². The molecule has 0 bridgehead atoms. The number of benzene rings is 1. The Kier molecular flexibility index (Phi) is 4.72. The first-order valence-electron chi connectivity index (χ1n) is 6.72. The second kappa shape index (κ2) is 6.34. The number of carboxylic acid groups (broad SMARTS) is 1. The van der Waals surface area contributed by atoms with Crippen LogP contribution in [0.25, 0.3) is 0 Å². The number of sulfone groups is 1. The largest absolute Gasteiger partial charge is 0.508 e. The van der Waals surface area contributed by atoms with Gasteiger partial charge in [0.1, 0.15) is 27.9 Å². The van der Waals surface area contributed by atoms with Crippen LogP contribution in [-0.4, -0.2) is 42.7 Å². The van der Waals surface area contributed by atoms with E-state index in [1.807, 2.05) is 0 Å². The van der Waals surface area contributed by atoms with Crippen LogP contribution in [0.1, 0.15) is 12.8 Å². The molecule has 0 spiro atoms. The maximum atomic E-state index is 11.4. The Labute approximate surface area is 123 Å². The minimum absolute atomic E-state index is 0.0353. The van der Waals surface area contributed by atoms with Crippen molar-refractivity contribution in [3.8, 4) is 11.5 Å². The van der Waals surface area contributed by atoms with Crippen molar-refractivity contribution in [1.29, 1.82) is 0 Å². The highest BCUT2D eigenvalue weighted by atomic mass is 32.2. The average molecular weight is 314 g/mol. The van der Waals surface area contributed by atoms with Crippen LogP contribution in [0.15, 0.2) is 24.3 Å². The number of phenols is 1. The summed E-state index contributed by atoms with van der Waals surface area (Å²) in [6, 6.07) is 6.13. The summed E-state index contributed by atoms with van der Waals surface area (Å²) in [5, 5.41) is 18.6. The molecular formula is C14H18O6S. The van der Waals surface area contributed by atoms with E-state index in [2.05, 4.69) is 0 Å². The standard InChI is InChI=1S/C14H18O6S/c15-11-2-1-3-12(8-11)20-9-13(14(16)17)10-4-6-21(18,19)7-5-10/h1-3,8,10,13,15H,4-7,9H2,(H,16,17). The molecule has 6 nitrogen and oxygen atoms in total. The summed E-state index contributed by atoms with van der Waals surface area (Å²) >= 11 is 0. The van der Waals surface area contributed by atoms with Crippen LogP contribution < -0.4 is 4.74 Å². The van der Waals surface area contributed by atoms with Gasteiger partial charge in [-0.1, -0.05) is 6.07 Å². The van der Waals surface area contributed by atoms with Crippen LogP contribution in [0.2, 0.25) is 0 Å². The van der Waals surface area contributed by atoms with Gasteiger partial charge in [-0.15, -0.1) is 0 Å². The quantitative estimate of drug-likeness (QED) is 0.849. The molecule has 1 aliphatic heterocycles. The first-order valence-corrected chi connectivity index (χ1v) is 8.54. The molecule has 1 heterocycles. The Morgan fingerprint density at radius 2 is 2.00 bits per heavy atom. The molecule has 1 fully saturated rings. The van der Waals surface area contributed by atoms with Gasteiger partial charge in [-0.2, -0.15) is 0 Å². The first kappa shape index (κ1) is 15.6. The number of aromatic hydroxyl groups is 1. The molecular weight excluding hydrogens is 296 g/mol. The number of hydrogen-bond donors (Lipinski definition) is 2. The van der Waals surface area contributed by atoms with Crippen molar-refractivity contribution in [3.05, 3.63) is 24.3 Å². The third-order valence-corrected chi connectivity index (χ3v) is 5.45. The van der Waals surface area contributed by atoms with Gasteiger partial charge in [0.15, 0.2) is 0 Å². The normalized spacial score (nSPS) is 19.8. The SMILES string of the molecule is O=C(O)C(COc1cccc(O)c1)C1CCS(=O)(=O)CC1.